The number of hydrogen-bond acceptors (Lipinski definition) is 4. The largest absolute Gasteiger partial charge is 0.313 e. The van der Waals surface area contributed by atoms with E-state index in [1.165, 1.54) is 12.7 Å². The van der Waals surface area contributed by atoms with Gasteiger partial charge in [0.25, 0.3) is 0 Å². The highest BCUT2D eigenvalue weighted by molar-refractivity contribution is 7.90. The molecule has 5 heteroatoms. The van der Waals surface area contributed by atoms with Crippen molar-refractivity contribution in [3.63, 3.8) is 0 Å². The molecular formula is C10H22N2O2S. The molecule has 1 N–H and O–H groups in total. The maximum Gasteiger partial charge on any atom is 0.148 e. The molecule has 4 nitrogen and oxygen atoms in total. The van der Waals surface area contributed by atoms with E-state index in [-0.39, 0.29) is 11.8 Å². The van der Waals surface area contributed by atoms with Gasteiger partial charge in [-0.1, -0.05) is 0 Å². The zero-order chi connectivity index (χ0) is 11.5. The summed E-state index contributed by atoms with van der Waals surface area (Å²) in [6.07, 6.45) is 2.50. The molecule has 2 atom stereocenters. The van der Waals surface area contributed by atoms with Crippen molar-refractivity contribution < 1.29 is 8.42 Å². The first-order chi connectivity index (χ1) is 6.87. The van der Waals surface area contributed by atoms with Crippen molar-refractivity contribution in [3.05, 3.63) is 0 Å². The smallest absolute Gasteiger partial charge is 0.148 e. The first-order valence-corrected chi connectivity index (χ1v) is 7.52. The average molecular weight is 234 g/mol. The van der Waals surface area contributed by atoms with Crippen LogP contribution in [0.1, 0.15) is 13.3 Å². The molecule has 1 fully saturated rings. The minimum atomic E-state index is -2.85. The van der Waals surface area contributed by atoms with Crippen LogP contribution >= 0.6 is 0 Å². The molecule has 0 aromatic carbocycles. The predicted octanol–water partition coefficient (Wildman–Crippen LogP) is -0.0392. The van der Waals surface area contributed by atoms with Crippen LogP contribution in [0.5, 0.6) is 0 Å². The summed E-state index contributed by atoms with van der Waals surface area (Å²) in [5.41, 5.74) is 0. The average Bonchev–Trinajstić information content (AvgIpc) is 2.45. The Morgan fingerprint density at radius 2 is 2.20 bits per heavy atom. The van der Waals surface area contributed by atoms with Crippen LogP contribution < -0.4 is 5.32 Å². The third kappa shape index (κ3) is 5.49. The number of hydrogen-bond donors (Lipinski definition) is 1. The van der Waals surface area contributed by atoms with E-state index in [4.69, 9.17) is 0 Å². The summed E-state index contributed by atoms with van der Waals surface area (Å²) in [7, 11) is -0.728. The maximum absolute atomic E-state index is 11.0. The molecule has 0 aromatic rings. The van der Waals surface area contributed by atoms with Crippen LogP contribution in [-0.2, 0) is 9.84 Å². The SMILES string of the molecule is CC(CS(C)(=O)=O)NCC1CCN(C)C1. The van der Waals surface area contributed by atoms with Crippen LogP contribution in [0.25, 0.3) is 0 Å². The van der Waals surface area contributed by atoms with E-state index in [1.54, 1.807) is 0 Å². The molecule has 1 saturated heterocycles. The molecule has 1 aliphatic rings. The van der Waals surface area contributed by atoms with Gasteiger partial charge in [0.2, 0.25) is 0 Å². The van der Waals surface area contributed by atoms with Crippen LogP contribution in [-0.4, -0.2) is 58.1 Å². The van der Waals surface area contributed by atoms with E-state index in [2.05, 4.69) is 17.3 Å². The minimum absolute atomic E-state index is 0.0610. The molecule has 1 aliphatic heterocycles. The highest BCUT2D eigenvalue weighted by atomic mass is 32.2. The Morgan fingerprint density at radius 3 is 2.67 bits per heavy atom. The molecule has 15 heavy (non-hydrogen) atoms. The number of nitrogens with zero attached hydrogens (tertiary/aromatic N) is 1. The molecule has 1 heterocycles. The van der Waals surface area contributed by atoms with Gasteiger partial charge in [-0.3, -0.25) is 0 Å². The second kappa shape index (κ2) is 5.27. The number of likely N-dealkylation sites (tertiary alicyclic amines) is 1. The van der Waals surface area contributed by atoms with Gasteiger partial charge in [0.05, 0.1) is 5.75 Å². The second-order valence-corrected chi connectivity index (χ2v) is 7.00. The van der Waals surface area contributed by atoms with Gasteiger partial charge in [-0.15, -0.1) is 0 Å². The van der Waals surface area contributed by atoms with Gasteiger partial charge >= 0.3 is 0 Å². The van der Waals surface area contributed by atoms with E-state index in [0.29, 0.717) is 5.92 Å². The number of rotatable bonds is 5. The van der Waals surface area contributed by atoms with E-state index >= 15 is 0 Å². The highest BCUT2D eigenvalue weighted by Gasteiger charge is 2.20. The fourth-order valence-corrected chi connectivity index (χ4v) is 3.10. The second-order valence-electron chi connectivity index (χ2n) is 4.82. The van der Waals surface area contributed by atoms with E-state index in [1.807, 2.05) is 6.92 Å². The molecular weight excluding hydrogens is 212 g/mol. The first kappa shape index (κ1) is 12.9. The van der Waals surface area contributed by atoms with Crippen molar-refractivity contribution in [3.8, 4) is 0 Å². The summed E-state index contributed by atoms with van der Waals surface area (Å²) in [5, 5.41) is 3.30. The lowest BCUT2D eigenvalue weighted by Gasteiger charge is -2.16. The summed E-state index contributed by atoms with van der Waals surface area (Å²) in [5.74, 6) is 0.909. The van der Waals surface area contributed by atoms with E-state index < -0.39 is 9.84 Å². The maximum atomic E-state index is 11.0. The molecule has 0 radical (unpaired) electrons. The Kier molecular flexibility index (Phi) is 4.55. The Balaban J connectivity index is 2.20. The lowest BCUT2D eigenvalue weighted by atomic mass is 10.1. The molecule has 0 saturated carbocycles. The molecule has 90 valence electrons. The van der Waals surface area contributed by atoms with Crippen LogP contribution in [0.4, 0.5) is 0 Å². The van der Waals surface area contributed by atoms with Crippen LogP contribution in [0.15, 0.2) is 0 Å². The summed E-state index contributed by atoms with van der Waals surface area (Å²) in [6.45, 7) is 5.14. The Morgan fingerprint density at radius 1 is 1.53 bits per heavy atom. The predicted molar refractivity (Wildman–Crippen MR) is 62.8 cm³/mol. The Bertz CT molecular complexity index is 290. The normalized spacial score (nSPS) is 25.7. The summed E-state index contributed by atoms with van der Waals surface area (Å²) in [6, 6.07) is 0.0610. The minimum Gasteiger partial charge on any atom is -0.313 e. The van der Waals surface area contributed by atoms with Crippen molar-refractivity contribution in [2.45, 2.75) is 19.4 Å². The zero-order valence-electron chi connectivity index (χ0n) is 9.86. The van der Waals surface area contributed by atoms with Crippen molar-refractivity contribution in [2.24, 2.45) is 5.92 Å². The Hall–Kier alpha value is -0.130. The van der Waals surface area contributed by atoms with Crippen LogP contribution in [0, 0.1) is 5.92 Å². The molecule has 1 rings (SSSR count). The monoisotopic (exact) mass is 234 g/mol. The fourth-order valence-electron chi connectivity index (χ4n) is 2.07. The summed E-state index contributed by atoms with van der Waals surface area (Å²) in [4.78, 5) is 2.31. The van der Waals surface area contributed by atoms with Crippen LogP contribution in [0.3, 0.4) is 0 Å². The first-order valence-electron chi connectivity index (χ1n) is 5.46. The molecule has 0 aromatic heterocycles. The molecule has 0 amide bonds. The van der Waals surface area contributed by atoms with Gasteiger partial charge in [-0.2, -0.15) is 0 Å². The highest BCUT2D eigenvalue weighted by Crippen LogP contribution is 2.13. The third-order valence-electron chi connectivity index (χ3n) is 2.80. The van der Waals surface area contributed by atoms with Gasteiger partial charge in [0.1, 0.15) is 9.84 Å². The van der Waals surface area contributed by atoms with Crippen molar-refractivity contribution in [2.75, 3.05) is 38.7 Å². The Labute approximate surface area is 93.0 Å². The number of nitrogens with one attached hydrogen (secondary N) is 1. The standard InChI is InChI=1S/C10H22N2O2S/c1-9(8-15(3,13)14)11-6-10-4-5-12(2)7-10/h9-11H,4-8H2,1-3H3. The van der Waals surface area contributed by atoms with E-state index in [0.717, 1.165) is 19.6 Å². The third-order valence-corrected chi connectivity index (χ3v) is 3.90. The topological polar surface area (TPSA) is 49.4 Å². The van der Waals surface area contributed by atoms with Gasteiger partial charge in [0, 0.05) is 18.8 Å². The van der Waals surface area contributed by atoms with Gasteiger partial charge in [0.15, 0.2) is 0 Å². The molecule has 0 bridgehead atoms. The fraction of sp³-hybridized carbons (Fsp3) is 1.00. The lowest BCUT2D eigenvalue weighted by Crippen LogP contribution is -2.36. The quantitative estimate of drug-likeness (QED) is 0.725. The summed E-state index contributed by atoms with van der Waals surface area (Å²) < 4.78 is 22.1. The van der Waals surface area contributed by atoms with Gasteiger partial charge in [-0.25, -0.2) is 8.42 Å². The van der Waals surface area contributed by atoms with Crippen molar-refractivity contribution >= 4 is 9.84 Å². The van der Waals surface area contributed by atoms with Gasteiger partial charge in [-0.05, 0) is 39.4 Å². The molecule has 0 spiro atoms. The van der Waals surface area contributed by atoms with Gasteiger partial charge < -0.3 is 10.2 Å². The summed E-state index contributed by atoms with van der Waals surface area (Å²) >= 11 is 0. The van der Waals surface area contributed by atoms with Crippen molar-refractivity contribution in [1.82, 2.24) is 10.2 Å². The molecule has 2 unspecified atom stereocenters. The lowest BCUT2D eigenvalue weighted by molar-refractivity contribution is 0.383. The number of sulfone groups is 1. The molecule has 0 aliphatic carbocycles. The van der Waals surface area contributed by atoms with Crippen LogP contribution in [0.2, 0.25) is 0 Å². The van der Waals surface area contributed by atoms with E-state index in [9.17, 15) is 8.42 Å². The van der Waals surface area contributed by atoms with Crippen molar-refractivity contribution in [1.29, 1.82) is 0 Å². The zero-order valence-corrected chi connectivity index (χ0v) is 10.7.